The Kier molecular flexibility index (Phi) is 25.6. The molecule has 22 heteroatoms. The number of aryl methyl sites for hydroxylation is 2. The van der Waals surface area contributed by atoms with Crippen molar-refractivity contribution >= 4 is 102 Å². The zero-order valence-electron chi connectivity index (χ0n) is 59.3. The van der Waals surface area contributed by atoms with Gasteiger partial charge in [-0.1, -0.05) is 61.7 Å². The van der Waals surface area contributed by atoms with E-state index in [1.54, 1.807) is 97.1 Å². The first-order valence-electron chi connectivity index (χ1n) is 35.3. The van der Waals surface area contributed by atoms with Crippen LogP contribution in [0.1, 0.15) is 110 Å². The van der Waals surface area contributed by atoms with Gasteiger partial charge in [0.05, 0.1) is 71.7 Å². The largest absolute Gasteiger partial charge is 0.494 e. The summed E-state index contributed by atoms with van der Waals surface area (Å²) in [6, 6.07) is 63.5. The van der Waals surface area contributed by atoms with Gasteiger partial charge in [-0.05, 0) is 260 Å². The van der Waals surface area contributed by atoms with E-state index in [0.717, 1.165) is 144 Å². The molecular weight excluding hydrogens is 1340 g/mol. The number of nitrogens with one attached hydrogen (secondary N) is 6. The predicted molar refractivity (Wildman–Crippen MR) is 413 cm³/mol. The molecule has 0 aromatic heterocycles. The summed E-state index contributed by atoms with van der Waals surface area (Å²) in [7, 11) is 0. The van der Waals surface area contributed by atoms with Crippen molar-refractivity contribution in [1.82, 2.24) is 0 Å². The van der Waals surface area contributed by atoms with E-state index in [1.165, 1.54) is 12.2 Å². The number of carbonyl (C=O) groups is 4. The van der Waals surface area contributed by atoms with Crippen molar-refractivity contribution in [1.29, 1.82) is 11.1 Å². The Morgan fingerprint density at radius 2 is 0.726 bits per heavy atom. The first-order chi connectivity index (χ1) is 51.6. The number of hydrogen-bond donors (Lipinski definition) is 6. The van der Waals surface area contributed by atoms with Crippen molar-refractivity contribution in [2.24, 2.45) is 30.7 Å². The van der Waals surface area contributed by atoms with Gasteiger partial charge >= 0.3 is 23.9 Å². The number of unbranched alkanes of at least 4 members (excludes halogenated alkanes) is 6. The number of carbonyl (C=O) groups excluding carboxylic acids is 4. The number of rotatable bonds is 34. The lowest BCUT2D eigenvalue weighted by Gasteiger charge is -2.39. The summed E-state index contributed by atoms with van der Waals surface area (Å²) in [6.45, 7) is 13.0. The van der Waals surface area contributed by atoms with Gasteiger partial charge in [0.2, 0.25) is 0 Å². The molecule has 106 heavy (non-hydrogen) atoms. The summed E-state index contributed by atoms with van der Waals surface area (Å²) in [6.07, 6.45) is 12.7. The average molecular weight is 1420 g/mol. The van der Waals surface area contributed by atoms with Crippen LogP contribution in [0.5, 0.6) is 23.0 Å². The Hall–Kier alpha value is -12.7. The van der Waals surface area contributed by atoms with Crippen molar-refractivity contribution in [3.8, 4) is 23.0 Å². The molecule has 540 valence electrons. The standard InChI is InChI=1S/2C42H42N6O5/c2*1-3-39(49)52-28-7-5-4-6-27-51-33-21-13-30(14-22-33)41(50)53-34-19-11-29(12-20-34)25-26-42(2)44-37-10-8-9-35-36(23-24-38(45-42)40(35)37)48-47-32-17-15-31(46-43)16-18-32/h2*3,8-24,43-45H,1,4-7,25-28H2,2H3. The SMILES string of the molecule is C=CC(=O)OCCCCCCOc1ccc(C(=O)Oc2ccc(CCC3(C)Nc4cccc5c(N=Nc6ccc(N=N)cc6)ccc(c45)N3)cc2)cc1.C=CC(=O)OCCCCCCOc1ccc(C(=O)Oc2ccc(CCC3(C)Nc4cccc5c(N=Nc6ccc(N=N)cc6)ccc(c45)N3)cc2)cc1. The molecule has 0 fully saturated rings. The second-order valence-electron chi connectivity index (χ2n) is 25.9. The molecule has 0 amide bonds. The Morgan fingerprint density at radius 3 is 1.08 bits per heavy atom. The molecule has 0 radical (unpaired) electrons. The van der Waals surface area contributed by atoms with Crippen molar-refractivity contribution in [2.45, 2.75) is 102 Å². The van der Waals surface area contributed by atoms with Gasteiger partial charge in [0, 0.05) is 56.4 Å². The van der Waals surface area contributed by atoms with E-state index in [0.29, 0.717) is 83.3 Å². The van der Waals surface area contributed by atoms with Crippen LogP contribution in [0.2, 0.25) is 0 Å². The van der Waals surface area contributed by atoms with Gasteiger partial charge in [-0.15, -0.1) is 10.2 Å². The molecule has 2 atom stereocenters. The van der Waals surface area contributed by atoms with Crippen molar-refractivity contribution in [2.75, 3.05) is 47.7 Å². The number of esters is 4. The maximum absolute atomic E-state index is 12.8. The summed E-state index contributed by atoms with van der Waals surface area (Å²) in [5.41, 5.74) is 24.7. The van der Waals surface area contributed by atoms with Crippen LogP contribution in [0.15, 0.2) is 262 Å². The second-order valence-corrected chi connectivity index (χ2v) is 25.9. The number of benzene rings is 10. The monoisotopic (exact) mass is 1420 g/mol. The van der Waals surface area contributed by atoms with Crippen molar-refractivity contribution < 1.29 is 47.6 Å². The number of hydrogen-bond acceptors (Lipinski definition) is 22. The van der Waals surface area contributed by atoms with Crippen LogP contribution < -0.4 is 40.2 Å². The topological polar surface area (TPSA) is 294 Å². The lowest BCUT2D eigenvalue weighted by molar-refractivity contribution is -0.138. The molecule has 12 rings (SSSR count). The van der Waals surface area contributed by atoms with Crippen LogP contribution in [0, 0.1) is 11.1 Å². The van der Waals surface area contributed by atoms with Gasteiger partial charge in [0.15, 0.2) is 0 Å². The summed E-state index contributed by atoms with van der Waals surface area (Å²) >= 11 is 0. The van der Waals surface area contributed by atoms with E-state index in [1.807, 2.05) is 97.1 Å². The zero-order valence-corrected chi connectivity index (χ0v) is 59.3. The molecule has 0 saturated heterocycles. The highest BCUT2D eigenvalue weighted by Gasteiger charge is 2.32. The fourth-order valence-corrected chi connectivity index (χ4v) is 12.2. The van der Waals surface area contributed by atoms with Crippen LogP contribution in [0.25, 0.3) is 21.5 Å². The van der Waals surface area contributed by atoms with Gasteiger partial charge in [0.25, 0.3) is 0 Å². The van der Waals surface area contributed by atoms with Gasteiger partial charge < -0.3 is 49.7 Å². The molecule has 2 unspecified atom stereocenters. The molecule has 0 aliphatic carbocycles. The molecule has 0 saturated carbocycles. The Morgan fingerprint density at radius 1 is 0.387 bits per heavy atom. The number of anilines is 4. The van der Waals surface area contributed by atoms with Crippen molar-refractivity contribution in [3.05, 3.63) is 254 Å². The Labute approximate surface area is 615 Å². The summed E-state index contributed by atoms with van der Waals surface area (Å²) in [4.78, 5) is 47.7. The predicted octanol–water partition coefficient (Wildman–Crippen LogP) is 22.0. The molecule has 0 bridgehead atoms. The number of ether oxygens (including phenoxy) is 6. The number of azo groups is 2. The molecular formula is C84H84N12O10. The lowest BCUT2D eigenvalue weighted by Crippen LogP contribution is -2.45. The molecule has 2 aliphatic rings. The van der Waals surface area contributed by atoms with Gasteiger partial charge in [-0.3, -0.25) is 0 Å². The first-order valence-corrected chi connectivity index (χ1v) is 35.3. The van der Waals surface area contributed by atoms with E-state index >= 15 is 0 Å². The minimum atomic E-state index is -0.433. The minimum absolute atomic E-state index is 0.392. The summed E-state index contributed by atoms with van der Waals surface area (Å²) in [5.74, 6) is 0.686. The van der Waals surface area contributed by atoms with Crippen LogP contribution in [-0.4, -0.2) is 61.6 Å². The Balaban J connectivity index is 0.000000212. The molecule has 2 aliphatic heterocycles. The molecule has 10 aromatic carbocycles. The average Bonchev–Trinajstić information content (AvgIpc) is 0.757. The van der Waals surface area contributed by atoms with Crippen LogP contribution in [0.4, 0.5) is 56.9 Å². The first kappa shape index (κ1) is 74.5. The normalized spacial score (nSPS) is 14.6. The summed E-state index contributed by atoms with van der Waals surface area (Å²) in [5, 5.41) is 43.6. The van der Waals surface area contributed by atoms with Crippen LogP contribution in [0.3, 0.4) is 0 Å². The maximum atomic E-state index is 12.8. The molecule has 10 aromatic rings. The third-order valence-corrected chi connectivity index (χ3v) is 17.9. The number of nitrogens with zero attached hydrogens (tertiary/aromatic N) is 6. The van der Waals surface area contributed by atoms with Gasteiger partial charge in [-0.25, -0.2) is 30.2 Å². The second kappa shape index (κ2) is 36.4. The van der Waals surface area contributed by atoms with E-state index in [-0.39, 0.29) is 0 Å². The van der Waals surface area contributed by atoms with E-state index in [4.69, 9.17) is 39.5 Å². The molecule has 0 spiro atoms. The Bertz CT molecular complexity index is 4470. The quantitative estimate of drug-likeness (QED) is 0.00719. The van der Waals surface area contributed by atoms with E-state index in [2.05, 4.69) is 91.1 Å². The fourth-order valence-electron chi connectivity index (χ4n) is 12.2. The summed E-state index contributed by atoms with van der Waals surface area (Å²) < 4.78 is 32.8. The zero-order chi connectivity index (χ0) is 74.1. The highest BCUT2D eigenvalue weighted by molar-refractivity contribution is 6.11. The van der Waals surface area contributed by atoms with E-state index in [9.17, 15) is 19.2 Å². The smallest absolute Gasteiger partial charge is 0.343 e. The molecule has 2 heterocycles. The third kappa shape index (κ3) is 20.8. The third-order valence-electron chi connectivity index (χ3n) is 17.9. The lowest BCUT2D eigenvalue weighted by atomic mass is 9.95. The molecule has 6 N–H and O–H groups in total. The highest BCUT2D eigenvalue weighted by atomic mass is 16.5. The van der Waals surface area contributed by atoms with Crippen molar-refractivity contribution in [3.63, 3.8) is 0 Å². The van der Waals surface area contributed by atoms with Crippen LogP contribution >= 0.6 is 0 Å². The fraction of sp³-hybridized carbons (Fsp3) is 0.238. The highest BCUT2D eigenvalue weighted by Crippen LogP contribution is 2.45. The minimum Gasteiger partial charge on any atom is -0.494 e. The van der Waals surface area contributed by atoms with E-state index < -0.39 is 35.2 Å². The van der Waals surface area contributed by atoms with Gasteiger partial charge in [0.1, 0.15) is 34.3 Å². The maximum Gasteiger partial charge on any atom is 0.343 e. The molecule has 22 nitrogen and oxygen atoms in total. The van der Waals surface area contributed by atoms with Crippen LogP contribution in [-0.2, 0) is 31.9 Å². The van der Waals surface area contributed by atoms with Gasteiger partial charge in [-0.2, -0.15) is 20.5 Å².